The molecule has 3 aromatic rings. The first-order valence-corrected chi connectivity index (χ1v) is 11.1. The second kappa shape index (κ2) is 8.55. The third kappa shape index (κ3) is 4.53. The van der Waals surface area contributed by atoms with Gasteiger partial charge in [0, 0.05) is 47.0 Å². The first-order chi connectivity index (χ1) is 14.4. The van der Waals surface area contributed by atoms with Crippen LogP contribution in [0.1, 0.15) is 52.9 Å². The predicted octanol–water partition coefficient (Wildman–Crippen LogP) is 4.45. The molecule has 0 aromatic carbocycles. The lowest BCUT2D eigenvalue weighted by molar-refractivity contribution is -0.131. The number of anilines is 2. The van der Waals surface area contributed by atoms with Gasteiger partial charge >= 0.3 is 0 Å². The summed E-state index contributed by atoms with van der Waals surface area (Å²) in [4.78, 5) is 24.2. The molecule has 4 rings (SSSR count). The number of carbonyl (C=O) groups excluding carboxylic acids is 1. The Bertz CT molecular complexity index is 1040. The van der Waals surface area contributed by atoms with Gasteiger partial charge in [-0.3, -0.25) is 9.78 Å². The van der Waals surface area contributed by atoms with Crippen molar-refractivity contribution < 1.29 is 9.32 Å². The number of aromatic nitrogens is 3. The van der Waals surface area contributed by atoms with Gasteiger partial charge in [0.25, 0.3) is 0 Å². The molecule has 4 heterocycles. The summed E-state index contributed by atoms with van der Waals surface area (Å²) in [6, 6.07) is 4.13. The number of carbonyl (C=O) groups is 1. The van der Waals surface area contributed by atoms with E-state index >= 15 is 0 Å². The highest BCUT2D eigenvalue weighted by molar-refractivity contribution is 7.13. The van der Waals surface area contributed by atoms with E-state index in [1.54, 1.807) is 11.3 Å². The molecule has 0 unspecified atom stereocenters. The molecule has 0 radical (unpaired) electrons. The summed E-state index contributed by atoms with van der Waals surface area (Å²) in [5.74, 6) is 1.08. The van der Waals surface area contributed by atoms with Crippen molar-refractivity contribution in [3.63, 3.8) is 0 Å². The zero-order valence-corrected chi connectivity index (χ0v) is 18.7. The molecule has 30 heavy (non-hydrogen) atoms. The predicted molar refractivity (Wildman–Crippen MR) is 117 cm³/mol. The smallest absolute Gasteiger partial charge is 0.227 e. The van der Waals surface area contributed by atoms with Gasteiger partial charge in [0.15, 0.2) is 5.13 Å². The molecule has 1 amide bonds. The van der Waals surface area contributed by atoms with E-state index in [0.717, 1.165) is 64.3 Å². The second-order valence-electron chi connectivity index (χ2n) is 8.00. The molecule has 1 atom stereocenters. The summed E-state index contributed by atoms with van der Waals surface area (Å²) in [6.45, 7) is 9.21. The maximum Gasteiger partial charge on any atom is 0.227 e. The fraction of sp³-hybridized carbons (Fsp3) is 0.455. The van der Waals surface area contributed by atoms with E-state index in [-0.39, 0.29) is 11.8 Å². The first kappa shape index (κ1) is 20.5. The van der Waals surface area contributed by atoms with Crippen molar-refractivity contribution in [2.24, 2.45) is 0 Å². The molecule has 0 aliphatic carbocycles. The van der Waals surface area contributed by atoms with Crippen LogP contribution in [0.15, 0.2) is 22.0 Å². The van der Waals surface area contributed by atoms with E-state index in [1.165, 1.54) is 0 Å². The lowest BCUT2D eigenvalue weighted by Gasteiger charge is -2.33. The molecule has 1 aliphatic rings. The van der Waals surface area contributed by atoms with Gasteiger partial charge in [0.05, 0.1) is 17.8 Å². The van der Waals surface area contributed by atoms with Crippen LogP contribution in [-0.4, -0.2) is 39.0 Å². The van der Waals surface area contributed by atoms with Crippen LogP contribution in [0.4, 0.5) is 10.8 Å². The molecule has 8 heteroatoms. The summed E-state index contributed by atoms with van der Waals surface area (Å²) in [5.41, 5.74) is 5.69. The number of amides is 1. The van der Waals surface area contributed by atoms with E-state index in [1.807, 2.05) is 44.0 Å². The van der Waals surface area contributed by atoms with Gasteiger partial charge in [0.2, 0.25) is 5.91 Å². The van der Waals surface area contributed by atoms with Gasteiger partial charge in [-0.25, -0.2) is 4.98 Å². The van der Waals surface area contributed by atoms with E-state index < -0.39 is 0 Å². The quantitative estimate of drug-likeness (QED) is 0.650. The third-order valence-corrected chi connectivity index (χ3v) is 6.42. The monoisotopic (exact) mass is 425 g/mol. The number of hydrogen-bond donors (Lipinski definition) is 1. The number of nitrogens with one attached hydrogen (secondary N) is 1. The minimum absolute atomic E-state index is 0.123. The minimum Gasteiger partial charge on any atom is -0.361 e. The van der Waals surface area contributed by atoms with Crippen LogP contribution in [0, 0.1) is 27.7 Å². The molecule has 1 saturated heterocycles. The highest BCUT2D eigenvalue weighted by Crippen LogP contribution is 2.30. The normalized spacial score (nSPS) is 16.7. The van der Waals surface area contributed by atoms with Gasteiger partial charge in [-0.05, 0) is 52.7 Å². The second-order valence-corrected chi connectivity index (χ2v) is 8.86. The van der Waals surface area contributed by atoms with Crippen LogP contribution >= 0.6 is 11.3 Å². The zero-order chi connectivity index (χ0) is 21.3. The molecule has 0 bridgehead atoms. The molecule has 0 saturated carbocycles. The topological polar surface area (TPSA) is 84.2 Å². The third-order valence-electron chi connectivity index (χ3n) is 5.55. The average molecular weight is 426 g/mol. The maximum absolute atomic E-state index is 12.9. The molecule has 7 nitrogen and oxygen atoms in total. The first-order valence-electron chi connectivity index (χ1n) is 10.3. The summed E-state index contributed by atoms with van der Waals surface area (Å²) in [5, 5.41) is 10.3. The van der Waals surface area contributed by atoms with E-state index in [0.29, 0.717) is 13.0 Å². The van der Waals surface area contributed by atoms with Crippen molar-refractivity contribution in [2.75, 3.05) is 18.4 Å². The highest BCUT2D eigenvalue weighted by Gasteiger charge is 2.27. The van der Waals surface area contributed by atoms with Crippen molar-refractivity contribution in [2.45, 2.75) is 52.9 Å². The molecule has 158 valence electrons. The number of rotatable bonds is 5. The highest BCUT2D eigenvalue weighted by atomic mass is 32.1. The van der Waals surface area contributed by atoms with Crippen molar-refractivity contribution >= 4 is 28.1 Å². The van der Waals surface area contributed by atoms with Crippen LogP contribution in [0.5, 0.6) is 0 Å². The van der Waals surface area contributed by atoms with E-state index in [4.69, 9.17) is 9.51 Å². The number of hydrogen-bond acceptors (Lipinski definition) is 7. The Morgan fingerprint density at radius 3 is 2.77 bits per heavy atom. The molecular formula is C22H27N5O2S. The lowest BCUT2D eigenvalue weighted by atomic mass is 9.93. The Labute approximate surface area is 180 Å². The van der Waals surface area contributed by atoms with E-state index in [9.17, 15) is 4.79 Å². The standard InChI is InChI=1S/C22H27N5O2S/c1-13-8-18(25-22-24-14(2)12-30-22)9-20(23-13)17-6-5-7-27(11-17)21(28)10-19-15(3)26-29-16(19)4/h8-9,12,17H,5-7,10-11H2,1-4H3,(H,23,24,25)/t17-/m0/s1. The SMILES string of the molecule is Cc1cc(Nc2nc(C)cs2)cc([C@H]2CCCN(C(=O)Cc3c(C)noc3C)C2)n1. The Balaban J connectivity index is 1.48. The summed E-state index contributed by atoms with van der Waals surface area (Å²) in [7, 11) is 0. The zero-order valence-electron chi connectivity index (χ0n) is 17.9. The largest absolute Gasteiger partial charge is 0.361 e. The Kier molecular flexibility index (Phi) is 5.85. The van der Waals surface area contributed by atoms with Crippen LogP contribution in [-0.2, 0) is 11.2 Å². The summed E-state index contributed by atoms with van der Waals surface area (Å²) < 4.78 is 5.21. The van der Waals surface area contributed by atoms with Crippen molar-refractivity contribution in [1.29, 1.82) is 0 Å². The lowest BCUT2D eigenvalue weighted by Crippen LogP contribution is -2.40. The molecular weight excluding hydrogens is 398 g/mol. The average Bonchev–Trinajstić information content (AvgIpc) is 3.27. The fourth-order valence-corrected chi connectivity index (χ4v) is 4.68. The number of aryl methyl sites for hydroxylation is 4. The van der Waals surface area contributed by atoms with Gasteiger partial charge in [-0.15, -0.1) is 11.3 Å². The summed E-state index contributed by atoms with van der Waals surface area (Å²) >= 11 is 1.59. The number of nitrogens with zero attached hydrogens (tertiary/aromatic N) is 4. The number of thiazole rings is 1. The van der Waals surface area contributed by atoms with Gasteiger partial charge in [-0.2, -0.15) is 0 Å². The van der Waals surface area contributed by atoms with E-state index in [2.05, 4.69) is 21.5 Å². The molecule has 1 aliphatic heterocycles. The Morgan fingerprint density at radius 1 is 1.23 bits per heavy atom. The molecule has 1 fully saturated rings. The molecule has 3 aromatic heterocycles. The maximum atomic E-state index is 12.9. The van der Waals surface area contributed by atoms with Gasteiger partial charge in [0.1, 0.15) is 5.76 Å². The summed E-state index contributed by atoms with van der Waals surface area (Å²) in [6.07, 6.45) is 2.34. The fourth-order valence-electron chi connectivity index (χ4n) is 3.97. The molecule has 0 spiro atoms. The number of pyridine rings is 1. The van der Waals surface area contributed by atoms with Crippen LogP contribution in [0.2, 0.25) is 0 Å². The number of likely N-dealkylation sites (tertiary alicyclic amines) is 1. The van der Waals surface area contributed by atoms with Crippen molar-refractivity contribution in [3.05, 3.63) is 51.6 Å². The minimum atomic E-state index is 0.123. The van der Waals surface area contributed by atoms with Crippen LogP contribution in [0.3, 0.4) is 0 Å². The Morgan fingerprint density at radius 2 is 2.07 bits per heavy atom. The number of piperidine rings is 1. The van der Waals surface area contributed by atoms with Crippen molar-refractivity contribution in [1.82, 2.24) is 20.0 Å². The Hall–Kier alpha value is -2.74. The van der Waals surface area contributed by atoms with Crippen LogP contribution in [0.25, 0.3) is 0 Å². The van der Waals surface area contributed by atoms with Gasteiger partial charge < -0.3 is 14.7 Å². The van der Waals surface area contributed by atoms with Crippen LogP contribution < -0.4 is 5.32 Å². The van der Waals surface area contributed by atoms with Gasteiger partial charge in [-0.1, -0.05) is 5.16 Å². The van der Waals surface area contributed by atoms with Crippen molar-refractivity contribution in [3.8, 4) is 0 Å². The molecule has 1 N–H and O–H groups in total.